The van der Waals surface area contributed by atoms with E-state index >= 15 is 0 Å². The van der Waals surface area contributed by atoms with Gasteiger partial charge >= 0.3 is 6.03 Å². The number of methoxy groups -OCH3 is 1. The Balaban J connectivity index is 1.90. The largest absolute Gasteiger partial charge is 0.497 e. The number of ether oxygens (including phenoxy) is 1. The molecule has 0 spiro atoms. The molecule has 0 saturated heterocycles. The van der Waals surface area contributed by atoms with Crippen molar-refractivity contribution >= 4 is 34.2 Å². The molecule has 0 aliphatic heterocycles. The van der Waals surface area contributed by atoms with E-state index in [9.17, 15) is 14.4 Å². The highest BCUT2D eigenvalue weighted by molar-refractivity contribution is 7.17. The Morgan fingerprint density at radius 2 is 2.00 bits per heavy atom. The normalized spacial score (nSPS) is 12.4. The Kier molecular flexibility index (Phi) is 4.71. The van der Waals surface area contributed by atoms with Gasteiger partial charge in [0, 0.05) is 10.4 Å². The minimum Gasteiger partial charge on any atom is -0.497 e. The van der Waals surface area contributed by atoms with Crippen LogP contribution in [0.3, 0.4) is 0 Å². The summed E-state index contributed by atoms with van der Waals surface area (Å²) in [4.78, 5) is 36.9. The molecule has 8 heteroatoms. The van der Waals surface area contributed by atoms with Gasteiger partial charge in [0.1, 0.15) is 10.8 Å². The molecule has 25 heavy (non-hydrogen) atoms. The zero-order chi connectivity index (χ0) is 18.0. The third-order valence-electron chi connectivity index (χ3n) is 3.94. The van der Waals surface area contributed by atoms with Crippen LogP contribution in [0.5, 0.6) is 5.75 Å². The van der Waals surface area contributed by atoms with Crippen LogP contribution in [-0.4, -0.2) is 25.0 Å². The lowest BCUT2D eigenvalue weighted by Crippen LogP contribution is -2.35. The van der Waals surface area contributed by atoms with Crippen LogP contribution in [0.15, 0.2) is 24.3 Å². The van der Waals surface area contributed by atoms with E-state index in [2.05, 4.69) is 10.6 Å². The number of nitrogens with two attached hydrogens (primary N) is 1. The van der Waals surface area contributed by atoms with Gasteiger partial charge in [-0.25, -0.2) is 4.79 Å². The average Bonchev–Trinajstić information content (AvgIpc) is 3.14. The Labute approximate surface area is 148 Å². The predicted octanol–water partition coefficient (Wildman–Crippen LogP) is 2.31. The first-order chi connectivity index (χ1) is 12.0. The summed E-state index contributed by atoms with van der Waals surface area (Å²) in [6, 6.07) is 5.79. The molecule has 0 saturated carbocycles. The van der Waals surface area contributed by atoms with Crippen LogP contribution in [-0.2, 0) is 12.8 Å². The van der Waals surface area contributed by atoms with E-state index in [4.69, 9.17) is 10.5 Å². The number of anilines is 1. The second-order valence-corrected chi connectivity index (χ2v) is 6.67. The van der Waals surface area contributed by atoms with Crippen LogP contribution in [0.1, 0.15) is 37.6 Å². The van der Waals surface area contributed by atoms with Crippen LogP contribution in [0.4, 0.5) is 9.80 Å². The molecule has 0 atom stereocenters. The van der Waals surface area contributed by atoms with Crippen LogP contribution < -0.4 is 21.1 Å². The quantitative estimate of drug-likeness (QED) is 0.778. The topological polar surface area (TPSA) is 111 Å². The number of fused-ring (bicyclic) bond motifs is 1. The minimum atomic E-state index is -0.923. The number of nitrogens with one attached hydrogen (secondary N) is 2. The summed E-state index contributed by atoms with van der Waals surface area (Å²) in [7, 11) is 1.52. The second kappa shape index (κ2) is 6.94. The van der Waals surface area contributed by atoms with E-state index in [-0.39, 0.29) is 5.91 Å². The summed E-state index contributed by atoms with van der Waals surface area (Å²) in [5.41, 5.74) is 6.67. The van der Waals surface area contributed by atoms with Crippen molar-refractivity contribution in [3.05, 3.63) is 45.8 Å². The molecule has 130 valence electrons. The molecule has 3 rings (SSSR count). The number of carbonyl (C=O) groups is 3. The van der Waals surface area contributed by atoms with Gasteiger partial charge in [-0.15, -0.1) is 11.3 Å². The molecule has 0 unspecified atom stereocenters. The summed E-state index contributed by atoms with van der Waals surface area (Å²) in [5, 5.41) is 5.28. The SMILES string of the molecule is COc1cccc(C(=O)Nc2sc3c(c2C(=O)NC(N)=O)CCC3)c1. The lowest BCUT2D eigenvalue weighted by molar-refractivity contribution is 0.0966. The average molecular weight is 359 g/mol. The first-order valence-electron chi connectivity index (χ1n) is 7.70. The third kappa shape index (κ3) is 3.48. The molecule has 2 aromatic rings. The smallest absolute Gasteiger partial charge is 0.319 e. The number of imide groups is 1. The van der Waals surface area contributed by atoms with Crippen molar-refractivity contribution in [2.45, 2.75) is 19.3 Å². The van der Waals surface area contributed by atoms with Gasteiger partial charge in [0.15, 0.2) is 0 Å². The van der Waals surface area contributed by atoms with Gasteiger partial charge < -0.3 is 15.8 Å². The molecule has 1 aromatic carbocycles. The molecule has 1 heterocycles. The van der Waals surface area contributed by atoms with Crippen molar-refractivity contribution in [2.24, 2.45) is 5.73 Å². The number of carbonyl (C=O) groups excluding carboxylic acids is 3. The number of thiophene rings is 1. The number of rotatable bonds is 4. The summed E-state index contributed by atoms with van der Waals surface area (Å²) in [6.45, 7) is 0. The maximum Gasteiger partial charge on any atom is 0.319 e. The molecule has 4 N–H and O–H groups in total. The Bertz CT molecular complexity index is 860. The lowest BCUT2D eigenvalue weighted by atomic mass is 10.1. The number of benzene rings is 1. The second-order valence-electron chi connectivity index (χ2n) is 5.57. The molecular weight excluding hydrogens is 342 g/mol. The number of hydrogen-bond donors (Lipinski definition) is 3. The molecule has 0 bridgehead atoms. The van der Waals surface area contributed by atoms with Gasteiger partial charge in [-0.05, 0) is 43.0 Å². The number of amides is 4. The van der Waals surface area contributed by atoms with Crippen molar-refractivity contribution in [3.8, 4) is 5.75 Å². The molecule has 1 aliphatic carbocycles. The molecule has 4 amide bonds. The first-order valence-corrected chi connectivity index (χ1v) is 8.52. The fourth-order valence-electron chi connectivity index (χ4n) is 2.85. The molecule has 1 aliphatic rings. The van der Waals surface area contributed by atoms with E-state index < -0.39 is 11.9 Å². The summed E-state index contributed by atoms with van der Waals surface area (Å²) < 4.78 is 5.12. The first kappa shape index (κ1) is 17.0. The van der Waals surface area contributed by atoms with Crippen molar-refractivity contribution in [1.29, 1.82) is 0 Å². The van der Waals surface area contributed by atoms with Crippen molar-refractivity contribution < 1.29 is 19.1 Å². The highest BCUT2D eigenvalue weighted by Crippen LogP contribution is 2.39. The fourth-order valence-corrected chi connectivity index (χ4v) is 4.13. The third-order valence-corrected chi connectivity index (χ3v) is 5.15. The highest BCUT2D eigenvalue weighted by Gasteiger charge is 2.28. The standard InChI is InChI=1S/C17H17N3O4S/c1-24-10-5-2-4-9(8-10)14(21)19-16-13(15(22)20-17(18)23)11-6-3-7-12(11)25-16/h2,4-5,8H,3,6-7H2,1H3,(H,19,21)(H3,18,20,22,23). The van der Waals surface area contributed by atoms with Crippen molar-refractivity contribution in [3.63, 3.8) is 0 Å². The van der Waals surface area contributed by atoms with Crippen molar-refractivity contribution in [1.82, 2.24) is 5.32 Å². The molecule has 0 radical (unpaired) electrons. The number of aryl methyl sites for hydroxylation is 1. The number of hydrogen-bond acceptors (Lipinski definition) is 5. The van der Waals surface area contributed by atoms with Crippen LogP contribution in [0, 0.1) is 0 Å². The molecule has 0 fully saturated rings. The number of primary amides is 1. The van der Waals surface area contributed by atoms with Crippen LogP contribution in [0.25, 0.3) is 0 Å². The fraction of sp³-hybridized carbons (Fsp3) is 0.235. The summed E-state index contributed by atoms with van der Waals surface area (Å²) in [5.74, 6) is -0.382. The van der Waals surface area contributed by atoms with E-state index in [0.717, 1.165) is 29.7 Å². The van der Waals surface area contributed by atoms with Gasteiger partial charge in [-0.3, -0.25) is 14.9 Å². The summed E-state index contributed by atoms with van der Waals surface area (Å²) >= 11 is 1.36. The number of urea groups is 1. The Morgan fingerprint density at radius 3 is 2.72 bits per heavy atom. The van der Waals surface area contributed by atoms with E-state index in [1.54, 1.807) is 24.3 Å². The van der Waals surface area contributed by atoms with E-state index in [1.165, 1.54) is 18.4 Å². The van der Waals surface area contributed by atoms with Crippen LogP contribution >= 0.6 is 11.3 Å². The van der Waals surface area contributed by atoms with Crippen LogP contribution in [0.2, 0.25) is 0 Å². The Morgan fingerprint density at radius 1 is 1.20 bits per heavy atom. The minimum absolute atomic E-state index is 0.326. The maximum atomic E-state index is 12.5. The van der Waals surface area contributed by atoms with Gasteiger partial charge in [0.2, 0.25) is 0 Å². The highest BCUT2D eigenvalue weighted by atomic mass is 32.1. The van der Waals surface area contributed by atoms with Gasteiger partial charge in [-0.2, -0.15) is 0 Å². The molecular formula is C17H17N3O4S. The van der Waals surface area contributed by atoms with Gasteiger partial charge in [-0.1, -0.05) is 6.07 Å². The van der Waals surface area contributed by atoms with Gasteiger partial charge in [0.05, 0.1) is 12.7 Å². The molecule has 7 nitrogen and oxygen atoms in total. The molecule has 1 aromatic heterocycles. The monoisotopic (exact) mass is 359 g/mol. The zero-order valence-electron chi connectivity index (χ0n) is 13.5. The summed E-state index contributed by atoms with van der Waals surface area (Å²) in [6.07, 6.45) is 2.54. The zero-order valence-corrected chi connectivity index (χ0v) is 14.4. The van der Waals surface area contributed by atoms with E-state index in [1.807, 2.05) is 0 Å². The van der Waals surface area contributed by atoms with Gasteiger partial charge in [0.25, 0.3) is 11.8 Å². The van der Waals surface area contributed by atoms with E-state index in [0.29, 0.717) is 21.9 Å². The Hall–Kier alpha value is -2.87. The lowest BCUT2D eigenvalue weighted by Gasteiger charge is -2.08. The maximum absolute atomic E-state index is 12.5. The van der Waals surface area contributed by atoms with Crippen molar-refractivity contribution in [2.75, 3.05) is 12.4 Å². The predicted molar refractivity (Wildman–Crippen MR) is 94.3 cm³/mol.